The van der Waals surface area contributed by atoms with Crippen LogP contribution in [0.3, 0.4) is 0 Å². The van der Waals surface area contributed by atoms with Gasteiger partial charge in [0.15, 0.2) is 0 Å². The third-order valence-corrected chi connectivity index (χ3v) is 6.01. The quantitative estimate of drug-likeness (QED) is 0.837. The molecule has 2 aliphatic rings. The zero-order valence-electron chi connectivity index (χ0n) is 16.5. The Labute approximate surface area is 163 Å². The first-order valence-corrected chi connectivity index (χ1v) is 10.5. The van der Waals surface area contributed by atoms with Gasteiger partial charge >= 0.3 is 0 Å². The van der Waals surface area contributed by atoms with E-state index in [9.17, 15) is 9.59 Å². The molecule has 0 atom stereocenters. The van der Waals surface area contributed by atoms with Gasteiger partial charge in [0.05, 0.1) is 0 Å². The molecule has 1 aromatic rings. The predicted molar refractivity (Wildman–Crippen MR) is 107 cm³/mol. The van der Waals surface area contributed by atoms with E-state index in [1.165, 1.54) is 0 Å². The number of piperidine rings is 2. The molecule has 0 bridgehead atoms. The molecule has 0 spiro atoms. The summed E-state index contributed by atoms with van der Waals surface area (Å²) >= 11 is 0. The topological polar surface area (TPSA) is 52.7 Å². The number of carbonyl (C=O) groups excluding carboxylic acids is 2. The molecule has 0 aliphatic carbocycles. The van der Waals surface area contributed by atoms with E-state index in [1.54, 1.807) is 0 Å². The monoisotopic (exact) mass is 371 g/mol. The van der Waals surface area contributed by atoms with Crippen molar-refractivity contribution in [3.8, 4) is 0 Å². The summed E-state index contributed by atoms with van der Waals surface area (Å²) < 4.78 is 0. The summed E-state index contributed by atoms with van der Waals surface area (Å²) in [5, 5.41) is 3.09. The normalized spacial score (nSPS) is 19.8. The summed E-state index contributed by atoms with van der Waals surface area (Å²) in [6.07, 6.45) is 5.62. The molecule has 2 amide bonds. The SMILES string of the molecule is CCCC(=O)N1CCC(N2CCC(C(=O)NCc3ccccc3)CC2)CC1. The van der Waals surface area contributed by atoms with Gasteiger partial charge in [-0.1, -0.05) is 37.3 Å². The van der Waals surface area contributed by atoms with E-state index in [4.69, 9.17) is 0 Å². The van der Waals surface area contributed by atoms with Crippen LogP contribution in [0.4, 0.5) is 0 Å². The number of nitrogens with one attached hydrogen (secondary N) is 1. The van der Waals surface area contributed by atoms with E-state index < -0.39 is 0 Å². The van der Waals surface area contributed by atoms with Crippen LogP contribution in [0.1, 0.15) is 51.0 Å². The third kappa shape index (κ3) is 5.55. The van der Waals surface area contributed by atoms with Gasteiger partial charge in [0.25, 0.3) is 0 Å². The number of hydrogen-bond donors (Lipinski definition) is 1. The Morgan fingerprint density at radius 3 is 2.30 bits per heavy atom. The van der Waals surface area contributed by atoms with Crippen LogP contribution >= 0.6 is 0 Å². The van der Waals surface area contributed by atoms with Crippen LogP contribution in [0.2, 0.25) is 0 Å². The predicted octanol–water partition coefficient (Wildman–Crippen LogP) is 2.81. The van der Waals surface area contributed by atoms with Crippen LogP contribution in [-0.4, -0.2) is 53.8 Å². The van der Waals surface area contributed by atoms with Crippen molar-refractivity contribution in [1.29, 1.82) is 0 Å². The summed E-state index contributed by atoms with van der Waals surface area (Å²) in [6, 6.07) is 10.7. The number of hydrogen-bond acceptors (Lipinski definition) is 3. The fourth-order valence-corrected chi connectivity index (χ4v) is 4.31. The van der Waals surface area contributed by atoms with Crippen molar-refractivity contribution in [1.82, 2.24) is 15.1 Å². The fourth-order valence-electron chi connectivity index (χ4n) is 4.31. The molecule has 148 valence electrons. The molecule has 0 saturated carbocycles. The minimum atomic E-state index is 0.135. The number of carbonyl (C=O) groups is 2. The first-order valence-electron chi connectivity index (χ1n) is 10.5. The van der Waals surface area contributed by atoms with Gasteiger partial charge in [0.2, 0.25) is 11.8 Å². The molecule has 0 aromatic heterocycles. The second-order valence-electron chi connectivity index (χ2n) is 7.88. The van der Waals surface area contributed by atoms with Crippen LogP contribution in [-0.2, 0) is 16.1 Å². The lowest BCUT2D eigenvalue weighted by Crippen LogP contribution is -2.50. The Morgan fingerprint density at radius 1 is 1.00 bits per heavy atom. The van der Waals surface area contributed by atoms with Crippen molar-refractivity contribution in [3.05, 3.63) is 35.9 Å². The van der Waals surface area contributed by atoms with Crippen molar-refractivity contribution in [2.45, 2.75) is 58.0 Å². The maximum Gasteiger partial charge on any atom is 0.223 e. The summed E-state index contributed by atoms with van der Waals surface area (Å²) in [5.41, 5.74) is 1.15. The Kier molecular flexibility index (Phi) is 7.27. The van der Waals surface area contributed by atoms with Gasteiger partial charge in [-0.3, -0.25) is 9.59 Å². The molecule has 1 aromatic carbocycles. The van der Waals surface area contributed by atoms with Gasteiger partial charge in [-0.25, -0.2) is 0 Å². The lowest BCUT2D eigenvalue weighted by atomic mass is 9.92. The zero-order valence-corrected chi connectivity index (χ0v) is 16.5. The number of rotatable bonds is 6. The molecular weight excluding hydrogens is 338 g/mol. The van der Waals surface area contributed by atoms with Gasteiger partial charge in [0.1, 0.15) is 0 Å². The van der Waals surface area contributed by atoms with Crippen molar-refractivity contribution >= 4 is 11.8 Å². The summed E-state index contributed by atoms with van der Waals surface area (Å²) in [4.78, 5) is 29.1. The second-order valence-corrected chi connectivity index (χ2v) is 7.88. The highest BCUT2D eigenvalue weighted by atomic mass is 16.2. The second kappa shape index (κ2) is 9.88. The number of amides is 2. The average Bonchev–Trinajstić information content (AvgIpc) is 2.73. The van der Waals surface area contributed by atoms with Crippen molar-refractivity contribution in [3.63, 3.8) is 0 Å². The van der Waals surface area contributed by atoms with Crippen LogP contribution < -0.4 is 5.32 Å². The van der Waals surface area contributed by atoms with Gasteiger partial charge in [0, 0.05) is 38.0 Å². The van der Waals surface area contributed by atoms with Gasteiger partial charge in [-0.05, 0) is 50.8 Å². The molecule has 5 heteroatoms. The minimum Gasteiger partial charge on any atom is -0.352 e. The largest absolute Gasteiger partial charge is 0.352 e. The van der Waals surface area contributed by atoms with E-state index in [0.717, 1.165) is 63.8 Å². The lowest BCUT2D eigenvalue weighted by Gasteiger charge is -2.41. The Hall–Kier alpha value is -1.88. The maximum absolute atomic E-state index is 12.5. The Morgan fingerprint density at radius 2 is 1.67 bits per heavy atom. The molecule has 3 rings (SSSR count). The lowest BCUT2D eigenvalue weighted by molar-refractivity contribution is -0.133. The van der Waals surface area contributed by atoms with Gasteiger partial charge in [-0.2, -0.15) is 0 Å². The van der Waals surface area contributed by atoms with Crippen molar-refractivity contribution in [2.24, 2.45) is 5.92 Å². The molecule has 2 fully saturated rings. The summed E-state index contributed by atoms with van der Waals surface area (Å²) in [7, 11) is 0. The van der Waals surface area contributed by atoms with E-state index in [2.05, 4.69) is 17.1 Å². The van der Waals surface area contributed by atoms with E-state index in [-0.39, 0.29) is 11.8 Å². The average molecular weight is 372 g/mol. The van der Waals surface area contributed by atoms with Crippen molar-refractivity contribution in [2.75, 3.05) is 26.2 Å². The highest BCUT2D eigenvalue weighted by molar-refractivity contribution is 5.78. The molecular formula is C22H33N3O2. The zero-order chi connectivity index (χ0) is 19.1. The fraction of sp³-hybridized carbons (Fsp3) is 0.636. The van der Waals surface area contributed by atoms with Crippen LogP contribution in [0, 0.1) is 5.92 Å². The van der Waals surface area contributed by atoms with Crippen LogP contribution in [0.25, 0.3) is 0 Å². The molecule has 27 heavy (non-hydrogen) atoms. The standard InChI is InChI=1S/C22H33N3O2/c1-2-6-21(26)25-15-11-20(12-16-25)24-13-9-19(10-14-24)22(27)23-17-18-7-4-3-5-8-18/h3-5,7-8,19-20H,2,6,9-17H2,1H3,(H,23,27). The van der Waals surface area contributed by atoms with E-state index in [0.29, 0.717) is 24.9 Å². The molecule has 0 radical (unpaired) electrons. The molecule has 2 heterocycles. The highest BCUT2D eigenvalue weighted by Gasteiger charge is 2.31. The number of benzene rings is 1. The third-order valence-electron chi connectivity index (χ3n) is 6.01. The summed E-state index contributed by atoms with van der Waals surface area (Å²) in [6.45, 7) is 6.45. The number of nitrogens with zero attached hydrogens (tertiary/aromatic N) is 2. The Balaban J connectivity index is 1.37. The smallest absolute Gasteiger partial charge is 0.223 e. The highest BCUT2D eigenvalue weighted by Crippen LogP contribution is 2.24. The molecule has 5 nitrogen and oxygen atoms in total. The molecule has 2 saturated heterocycles. The van der Waals surface area contributed by atoms with E-state index >= 15 is 0 Å². The number of likely N-dealkylation sites (tertiary alicyclic amines) is 2. The minimum absolute atomic E-state index is 0.135. The molecule has 1 N–H and O–H groups in total. The molecule has 2 aliphatic heterocycles. The van der Waals surface area contributed by atoms with Crippen molar-refractivity contribution < 1.29 is 9.59 Å². The van der Waals surface area contributed by atoms with Crippen LogP contribution in [0.15, 0.2) is 30.3 Å². The van der Waals surface area contributed by atoms with Gasteiger partial charge < -0.3 is 15.1 Å². The first-order chi connectivity index (χ1) is 13.2. The molecule has 0 unspecified atom stereocenters. The maximum atomic E-state index is 12.5. The summed E-state index contributed by atoms with van der Waals surface area (Å²) in [5.74, 6) is 0.638. The Bertz CT molecular complexity index is 603. The van der Waals surface area contributed by atoms with Gasteiger partial charge in [-0.15, -0.1) is 0 Å². The van der Waals surface area contributed by atoms with Crippen LogP contribution in [0.5, 0.6) is 0 Å². The first kappa shape index (κ1) is 19.9. The van der Waals surface area contributed by atoms with E-state index in [1.807, 2.05) is 35.2 Å².